The van der Waals surface area contributed by atoms with Gasteiger partial charge in [-0.05, 0) is 41.8 Å². The average Bonchev–Trinajstić information content (AvgIpc) is 2.37. The van der Waals surface area contributed by atoms with Gasteiger partial charge in [-0.2, -0.15) is 13.2 Å². The van der Waals surface area contributed by atoms with Crippen LogP contribution in [0.3, 0.4) is 0 Å². The van der Waals surface area contributed by atoms with Gasteiger partial charge in [0.25, 0.3) is 0 Å². The molecule has 0 aliphatic carbocycles. The Morgan fingerprint density at radius 1 is 1.16 bits per heavy atom. The van der Waals surface area contributed by atoms with Crippen LogP contribution < -0.4 is 5.73 Å². The number of alkyl halides is 3. The van der Waals surface area contributed by atoms with Crippen LogP contribution in [0.2, 0.25) is 0 Å². The van der Waals surface area contributed by atoms with E-state index in [2.05, 4.69) is 4.98 Å². The summed E-state index contributed by atoms with van der Waals surface area (Å²) in [5, 5.41) is 0. The van der Waals surface area contributed by atoms with Crippen LogP contribution in [-0.2, 0) is 12.7 Å². The fraction of sp³-hybridized carbons (Fsp3) is 0.214. The van der Waals surface area contributed by atoms with Gasteiger partial charge in [0.1, 0.15) is 0 Å². The Bertz CT molecular complexity index is 591. The molecule has 0 aliphatic heterocycles. The molecular weight excluding hydrogens is 253 g/mol. The zero-order valence-electron chi connectivity index (χ0n) is 10.3. The van der Waals surface area contributed by atoms with Gasteiger partial charge in [0, 0.05) is 24.5 Å². The molecule has 0 unspecified atom stereocenters. The van der Waals surface area contributed by atoms with Gasteiger partial charge < -0.3 is 5.73 Å². The van der Waals surface area contributed by atoms with Crippen molar-refractivity contribution in [1.29, 1.82) is 0 Å². The van der Waals surface area contributed by atoms with Crippen molar-refractivity contribution in [3.63, 3.8) is 0 Å². The van der Waals surface area contributed by atoms with Gasteiger partial charge in [-0.3, -0.25) is 4.98 Å². The molecule has 0 saturated carbocycles. The van der Waals surface area contributed by atoms with E-state index in [-0.39, 0.29) is 0 Å². The highest BCUT2D eigenvalue weighted by Crippen LogP contribution is 2.33. The number of pyridine rings is 1. The van der Waals surface area contributed by atoms with Crippen molar-refractivity contribution in [3.05, 3.63) is 53.3 Å². The second-order valence-corrected chi connectivity index (χ2v) is 4.31. The van der Waals surface area contributed by atoms with E-state index in [1.807, 2.05) is 6.07 Å². The SMILES string of the molecule is Cc1cc(C(F)(F)F)ccc1-c1cncc(CN)c1. The summed E-state index contributed by atoms with van der Waals surface area (Å²) in [7, 11) is 0. The third-order valence-corrected chi connectivity index (χ3v) is 2.90. The normalized spacial score (nSPS) is 11.6. The van der Waals surface area contributed by atoms with Crippen molar-refractivity contribution in [3.8, 4) is 11.1 Å². The summed E-state index contributed by atoms with van der Waals surface area (Å²) in [6.45, 7) is 2.00. The number of aromatic nitrogens is 1. The molecule has 0 spiro atoms. The van der Waals surface area contributed by atoms with Gasteiger partial charge in [0.05, 0.1) is 5.56 Å². The minimum atomic E-state index is -4.32. The van der Waals surface area contributed by atoms with Crippen LogP contribution in [0, 0.1) is 6.92 Å². The summed E-state index contributed by atoms with van der Waals surface area (Å²) in [5.41, 5.74) is 7.80. The second kappa shape index (κ2) is 5.01. The highest BCUT2D eigenvalue weighted by molar-refractivity contribution is 5.67. The first-order valence-electron chi connectivity index (χ1n) is 5.74. The number of halogens is 3. The topological polar surface area (TPSA) is 38.9 Å². The van der Waals surface area contributed by atoms with Crippen LogP contribution in [-0.4, -0.2) is 4.98 Å². The third-order valence-electron chi connectivity index (χ3n) is 2.90. The van der Waals surface area contributed by atoms with Gasteiger partial charge in [0.2, 0.25) is 0 Å². The predicted octanol–water partition coefficient (Wildman–Crippen LogP) is 3.53. The minimum absolute atomic E-state index is 0.348. The van der Waals surface area contributed by atoms with E-state index in [0.29, 0.717) is 12.1 Å². The lowest BCUT2D eigenvalue weighted by atomic mass is 9.98. The maximum absolute atomic E-state index is 12.6. The van der Waals surface area contributed by atoms with E-state index in [0.717, 1.165) is 28.8 Å². The molecule has 0 fully saturated rings. The molecule has 0 aliphatic rings. The van der Waals surface area contributed by atoms with E-state index >= 15 is 0 Å². The third kappa shape index (κ3) is 2.93. The lowest BCUT2D eigenvalue weighted by Gasteiger charge is -2.11. The van der Waals surface area contributed by atoms with E-state index in [9.17, 15) is 13.2 Å². The van der Waals surface area contributed by atoms with Crippen molar-refractivity contribution in [1.82, 2.24) is 4.98 Å². The van der Waals surface area contributed by atoms with Gasteiger partial charge in [-0.25, -0.2) is 0 Å². The fourth-order valence-corrected chi connectivity index (χ4v) is 1.91. The molecule has 2 N–H and O–H groups in total. The Kier molecular flexibility index (Phi) is 3.57. The molecule has 1 aromatic carbocycles. The van der Waals surface area contributed by atoms with Crippen LogP contribution in [0.25, 0.3) is 11.1 Å². The molecule has 0 amide bonds. The summed E-state index contributed by atoms with van der Waals surface area (Å²) in [6, 6.07) is 5.53. The maximum Gasteiger partial charge on any atom is 0.416 e. The van der Waals surface area contributed by atoms with Gasteiger partial charge in [-0.1, -0.05) is 6.07 Å². The summed E-state index contributed by atoms with van der Waals surface area (Å²) < 4.78 is 37.8. The molecule has 0 radical (unpaired) electrons. The van der Waals surface area contributed by atoms with E-state index < -0.39 is 11.7 Å². The molecule has 2 aromatic rings. The van der Waals surface area contributed by atoms with Gasteiger partial charge in [-0.15, -0.1) is 0 Å². The van der Waals surface area contributed by atoms with Gasteiger partial charge >= 0.3 is 6.18 Å². The second-order valence-electron chi connectivity index (χ2n) is 4.31. The number of benzene rings is 1. The number of rotatable bonds is 2. The monoisotopic (exact) mass is 266 g/mol. The van der Waals surface area contributed by atoms with Crippen LogP contribution in [0.1, 0.15) is 16.7 Å². The van der Waals surface area contributed by atoms with Crippen LogP contribution in [0.5, 0.6) is 0 Å². The summed E-state index contributed by atoms with van der Waals surface area (Å²) in [4.78, 5) is 4.04. The molecule has 5 heteroatoms. The van der Waals surface area contributed by atoms with Crippen LogP contribution in [0.15, 0.2) is 36.7 Å². The quantitative estimate of drug-likeness (QED) is 0.903. The molecule has 19 heavy (non-hydrogen) atoms. The van der Waals surface area contributed by atoms with E-state index in [1.165, 1.54) is 6.07 Å². The van der Waals surface area contributed by atoms with Gasteiger partial charge in [0.15, 0.2) is 0 Å². The number of nitrogens with zero attached hydrogens (tertiary/aromatic N) is 1. The molecular formula is C14H13F3N2. The molecule has 1 aromatic heterocycles. The Hall–Kier alpha value is -1.88. The highest BCUT2D eigenvalue weighted by atomic mass is 19.4. The zero-order valence-corrected chi connectivity index (χ0v) is 10.3. The molecule has 2 nitrogen and oxygen atoms in total. The van der Waals surface area contributed by atoms with Crippen LogP contribution in [0.4, 0.5) is 13.2 Å². The first-order valence-corrected chi connectivity index (χ1v) is 5.74. The maximum atomic E-state index is 12.6. The number of hydrogen-bond acceptors (Lipinski definition) is 2. The Morgan fingerprint density at radius 2 is 1.89 bits per heavy atom. The Balaban J connectivity index is 2.46. The van der Waals surface area contributed by atoms with Crippen molar-refractivity contribution in [2.45, 2.75) is 19.6 Å². The summed E-state index contributed by atoms with van der Waals surface area (Å²) in [6.07, 6.45) is -1.06. The summed E-state index contributed by atoms with van der Waals surface area (Å²) in [5.74, 6) is 0. The average molecular weight is 266 g/mol. The first-order chi connectivity index (χ1) is 8.91. The largest absolute Gasteiger partial charge is 0.416 e. The minimum Gasteiger partial charge on any atom is -0.326 e. The highest BCUT2D eigenvalue weighted by Gasteiger charge is 2.30. The first kappa shape index (κ1) is 13.5. The van der Waals surface area contributed by atoms with E-state index in [4.69, 9.17) is 5.73 Å². The molecule has 0 bridgehead atoms. The van der Waals surface area contributed by atoms with Crippen LogP contribution >= 0.6 is 0 Å². The number of nitrogens with two attached hydrogens (primary N) is 1. The number of aryl methyl sites for hydroxylation is 1. The Morgan fingerprint density at radius 3 is 2.47 bits per heavy atom. The smallest absolute Gasteiger partial charge is 0.326 e. The summed E-state index contributed by atoms with van der Waals surface area (Å²) >= 11 is 0. The fourth-order valence-electron chi connectivity index (χ4n) is 1.91. The number of hydrogen-bond donors (Lipinski definition) is 1. The Labute approximate surface area is 109 Å². The molecule has 0 atom stereocenters. The standard InChI is InChI=1S/C14H13F3N2/c1-9-4-12(14(15,16)17)2-3-13(9)11-5-10(6-18)7-19-8-11/h2-5,7-8H,6,18H2,1H3. The van der Waals surface area contributed by atoms with Crippen molar-refractivity contribution in [2.24, 2.45) is 5.73 Å². The predicted molar refractivity (Wildman–Crippen MR) is 67.3 cm³/mol. The molecule has 100 valence electrons. The lowest BCUT2D eigenvalue weighted by molar-refractivity contribution is -0.137. The van der Waals surface area contributed by atoms with Crippen molar-refractivity contribution < 1.29 is 13.2 Å². The molecule has 0 saturated heterocycles. The van der Waals surface area contributed by atoms with Crippen molar-refractivity contribution >= 4 is 0 Å². The lowest BCUT2D eigenvalue weighted by Crippen LogP contribution is -2.05. The molecule has 1 heterocycles. The van der Waals surface area contributed by atoms with Crippen molar-refractivity contribution in [2.75, 3.05) is 0 Å². The zero-order chi connectivity index (χ0) is 14.0. The van der Waals surface area contributed by atoms with E-state index in [1.54, 1.807) is 19.3 Å². The molecule has 2 rings (SSSR count).